The minimum atomic E-state index is -1.09. The first-order valence-corrected chi connectivity index (χ1v) is 4.37. The number of hydrogen-bond donors (Lipinski definition) is 2. The van der Waals surface area contributed by atoms with Gasteiger partial charge in [-0.05, 0) is 15.9 Å². The molecule has 0 amide bonds. The smallest absolute Gasteiger partial charge is 0.307 e. The zero-order valence-corrected chi connectivity index (χ0v) is 8.46. The summed E-state index contributed by atoms with van der Waals surface area (Å²) in [4.78, 5) is 23.9. The second-order valence-corrected chi connectivity index (χ2v) is 3.36. The Hall–Kier alpha value is -1.61. The largest absolute Gasteiger partial charge is 0.481 e. The molecule has 0 aliphatic heterocycles. The third-order valence-electron chi connectivity index (χ3n) is 1.59. The molecule has 0 bridgehead atoms. The van der Waals surface area contributed by atoms with Gasteiger partial charge in [-0.1, -0.05) is 0 Å². The molecule has 14 heavy (non-hydrogen) atoms. The van der Waals surface area contributed by atoms with Gasteiger partial charge in [0.25, 0.3) is 5.56 Å². The van der Waals surface area contributed by atoms with Crippen LogP contribution in [-0.2, 0) is 11.2 Å². The van der Waals surface area contributed by atoms with E-state index in [1.54, 1.807) is 6.07 Å². The van der Waals surface area contributed by atoms with E-state index in [-0.39, 0.29) is 17.5 Å². The van der Waals surface area contributed by atoms with Gasteiger partial charge in [-0.25, -0.2) is 0 Å². The summed E-state index contributed by atoms with van der Waals surface area (Å²) in [5.74, 6) is -1.09. The van der Waals surface area contributed by atoms with Gasteiger partial charge >= 0.3 is 5.97 Å². The molecule has 1 rings (SSSR count). The number of rotatable bonds is 2. The number of aromatic nitrogens is 1. The van der Waals surface area contributed by atoms with Crippen LogP contribution in [0.4, 0.5) is 0 Å². The van der Waals surface area contributed by atoms with Crippen LogP contribution in [0.25, 0.3) is 0 Å². The van der Waals surface area contributed by atoms with Gasteiger partial charge in [0.15, 0.2) is 0 Å². The van der Waals surface area contributed by atoms with Crippen LogP contribution in [0.3, 0.4) is 0 Å². The maximum Gasteiger partial charge on any atom is 0.307 e. The van der Waals surface area contributed by atoms with Gasteiger partial charge in [0.2, 0.25) is 0 Å². The number of nitriles is 1. The summed E-state index contributed by atoms with van der Waals surface area (Å²) in [6.45, 7) is 0. The molecular formula is C8H5BrN2O3. The molecule has 0 radical (unpaired) electrons. The summed E-state index contributed by atoms with van der Waals surface area (Å²) < 4.78 is 0.413. The van der Waals surface area contributed by atoms with Crippen molar-refractivity contribution in [3.63, 3.8) is 0 Å². The van der Waals surface area contributed by atoms with Gasteiger partial charge in [-0.15, -0.1) is 0 Å². The average Bonchev–Trinajstić information content (AvgIpc) is 2.11. The average molecular weight is 257 g/mol. The standard InChI is InChI=1S/C8H5BrN2O3/c9-6-3-11-8(14)5(2-10)4(6)1-7(12)13/h3H,1H2,(H,11,14)(H,12,13). The Morgan fingerprint density at radius 2 is 2.36 bits per heavy atom. The molecule has 1 heterocycles. The van der Waals surface area contributed by atoms with E-state index in [2.05, 4.69) is 20.9 Å². The number of aromatic amines is 1. The molecule has 5 nitrogen and oxygen atoms in total. The fraction of sp³-hybridized carbons (Fsp3) is 0.125. The van der Waals surface area contributed by atoms with Gasteiger partial charge < -0.3 is 10.1 Å². The van der Waals surface area contributed by atoms with Crippen LogP contribution in [0.5, 0.6) is 0 Å². The molecule has 1 aromatic rings. The van der Waals surface area contributed by atoms with E-state index in [1.165, 1.54) is 6.20 Å². The zero-order valence-electron chi connectivity index (χ0n) is 6.87. The highest BCUT2D eigenvalue weighted by Crippen LogP contribution is 2.16. The Morgan fingerprint density at radius 3 is 2.86 bits per heavy atom. The van der Waals surface area contributed by atoms with E-state index in [1.807, 2.05) is 0 Å². The number of carbonyl (C=O) groups is 1. The van der Waals surface area contributed by atoms with Gasteiger partial charge in [0.05, 0.1) is 6.42 Å². The van der Waals surface area contributed by atoms with Gasteiger partial charge in [0, 0.05) is 16.2 Å². The minimum Gasteiger partial charge on any atom is -0.481 e. The van der Waals surface area contributed by atoms with Crippen molar-refractivity contribution in [2.75, 3.05) is 0 Å². The lowest BCUT2D eigenvalue weighted by atomic mass is 10.1. The van der Waals surface area contributed by atoms with Crippen molar-refractivity contribution in [2.45, 2.75) is 6.42 Å². The number of halogens is 1. The summed E-state index contributed by atoms with van der Waals surface area (Å²) in [7, 11) is 0. The third kappa shape index (κ3) is 2.00. The summed E-state index contributed by atoms with van der Waals surface area (Å²) in [5.41, 5.74) is -0.544. The number of aliphatic carboxylic acids is 1. The molecule has 0 saturated heterocycles. The van der Waals surface area contributed by atoms with E-state index in [0.29, 0.717) is 4.47 Å². The maximum absolute atomic E-state index is 11.1. The Kier molecular flexibility index (Phi) is 3.04. The Bertz CT molecular complexity index is 472. The number of H-pyrrole nitrogens is 1. The van der Waals surface area contributed by atoms with Crippen molar-refractivity contribution < 1.29 is 9.90 Å². The predicted molar refractivity (Wildman–Crippen MR) is 50.8 cm³/mol. The van der Waals surface area contributed by atoms with Crippen LogP contribution in [0.1, 0.15) is 11.1 Å². The van der Waals surface area contributed by atoms with E-state index in [4.69, 9.17) is 10.4 Å². The monoisotopic (exact) mass is 256 g/mol. The number of hydrogen-bond acceptors (Lipinski definition) is 3. The van der Waals surface area contributed by atoms with Crippen molar-refractivity contribution in [3.8, 4) is 6.07 Å². The van der Waals surface area contributed by atoms with E-state index < -0.39 is 11.5 Å². The molecule has 0 aromatic carbocycles. The highest BCUT2D eigenvalue weighted by atomic mass is 79.9. The maximum atomic E-state index is 11.1. The van der Waals surface area contributed by atoms with Crippen LogP contribution in [0.15, 0.2) is 15.5 Å². The first kappa shape index (κ1) is 10.5. The van der Waals surface area contributed by atoms with Gasteiger partial charge in [-0.2, -0.15) is 5.26 Å². The van der Waals surface area contributed by atoms with Crippen molar-refractivity contribution in [1.29, 1.82) is 5.26 Å². The zero-order chi connectivity index (χ0) is 10.7. The van der Waals surface area contributed by atoms with Crippen LogP contribution in [0.2, 0.25) is 0 Å². The Morgan fingerprint density at radius 1 is 1.71 bits per heavy atom. The second-order valence-electron chi connectivity index (χ2n) is 2.50. The topological polar surface area (TPSA) is 93.9 Å². The molecule has 0 atom stereocenters. The molecule has 72 valence electrons. The van der Waals surface area contributed by atoms with Crippen molar-refractivity contribution in [1.82, 2.24) is 4.98 Å². The number of nitrogens with zero attached hydrogens (tertiary/aromatic N) is 1. The van der Waals surface area contributed by atoms with Gasteiger partial charge in [-0.3, -0.25) is 9.59 Å². The minimum absolute atomic E-state index is 0.165. The fourth-order valence-electron chi connectivity index (χ4n) is 0.987. The molecular weight excluding hydrogens is 252 g/mol. The molecule has 0 aliphatic rings. The molecule has 0 aliphatic carbocycles. The molecule has 2 N–H and O–H groups in total. The van der Waals surface area contributed by atoms with Gasteiger partial charge in [0.1, 0.15) is 11.6 Å². The number of nitrogens with one attached hydrogen (secondary N) is 1. The van der Waals surface area contributed by atoms with Crippen molar-refractivity contribution in [2.24, 2.45) is 0 Å². The molecule has 0 fully saturated rings. The predicted octanol–water partition coefficient (Wildman–Crippen LogP) is 0.636. The van der Waals surface area contributed by atoms with E-state index in [0.717, 1.165) is 0 Å². The molecule has 0 saturated carbocycles. The number of carboxylic acid groups (broad SMARTS) is 1. The summed E-state index contributed by atoms with van der Waals surface area (Å²) >= 11 is 3.07. The first-order valence-electron chi connectivity index (χ1n) is 3.58. The quantitative estimate of drug-likeness (QED) is 0.812. The highest BCUT2D eigenvalue weighted by molar-refractivity contribution is 9.10. The Labute approximate surface area is 87.1 Å². The van der Waals surface area contributed by atoms with Crippen molar-refractivity contribution in [3.05, 3.63) is 32.2 Å². The molecule has 6 heteroatoms. The summed E-state index contributed by atoms with van der Waals surface area (Å²) in [5, 5.41) is 17.2. The molecule has 0 spiro atoms. The Balaban J connectivity index is 3.39. The van der Waals surface area contributed by atoms with Crippen LogP contribution < -0.4 is 5.56 Å². The third-order valence-corrected chi connectivity index (χ3v) is 2.29. The first-order chi connectivity index (χ1) is 6.56. The molecule has 0 unspecified atom stereocenters. The molecule has 1 aromatic heterocycles. The number of pyridine rings is 1. The highest BCUT2D eigenvalue weighted by Gasteiger charge is 2.13. The van der Waals surface area contributed by atoms with E-state index in [9.17, 15) is 9.59 Å². The van der Waals surface area contributed by atoms with Crippen molar-refractivity contribution >= 4 is 21.9 Å². The van der Waals surface area contributed by atoms with Crippen LogP contribution >= 0.6 is 15.9 Å². The lowest BCUT2D eigenvalue weighted by Crippen LogP contribution is -2.15. The summed E-state index contributed by atoms with van der Waals surface area (Å²) in [6.07, 6.45) is 0.967. The summed E-state index contributed by atoms with van der Waals surface area (Å²) in [6, 6.07) is 1.67. The van der Waals surface area contributed by atoms with Crippen LogP contribution in [0, 0.1) is 11.3 Å². The van der Waals surface area contributed by atoms with Crippen LogP contribution in [-0.4, -0.2) is 16.1 Å². The lowest BCUT2D eigenvalue weighted by molar-refractivity contribution is -0.136. The SMILES string of the molecule is N#Cc1c(CC(=O)O)c(Br)c[nH]c1=O. The second kappa shape index (κ2) is 4.07. The lowest BCUT2D eigenvalue weighted by Gasteiger charge is -2.01. The van der Waals surface area contributed by atoms with E-state index >= 15 is 0 Å². The normalized spacial score (nSPS) is 9.43. The number of carboxylic acids is 1. The fourth-order valence-corrected chi connectivity index (χ4v) is 1.44.